The molecule has 5 rings (SSSR count). The van der Waals surface area contributed by atoms with E-state index in [9.17, 15) is 18.0 Å². The summed E-state index contributed by atoms with van der Waals surface area (Å²) in [5.41, 5.74) is 8.20. The number of fused-ring (bicyclic) bond motifs is 2. The molecule has 0 radical (unpaired) electrons. The lowest BCUT2D eigenvalue weighted by atomic mass is 10.0. The predicted molar refractivity (Wildman–Crippen MR) is 114 cm³/mol. The van der Waals surface area contributed by atoms with E-state index in [1.807, 2.05) is 25.1 Å². The fraction of sp³-hybridized carbons (Fsp3) is 0.227. The second kappa shape index (κ2) is 6.84. The molecule has 1 aliphatic rings. The van der Waals surface area contributed by atoms with Crippen molar-refractivity contribution in [2.24, 2.45) is 7.05 Å². The lowest BCUT2D eigenvalue weighted by Gasteiger charge is -2.32. The minimum atomic E-state index is -4.43. The Morgan fingerprint density at radius 3 is 2.53 bits per heavy atom. The van der Waals surface area contributed by atoms with E-state index in [1.165, 1.54) is 17.0 Å². The molecule has 0 bridgehead atoms. The number of halogens is 3. The van der Waals surface area contributed by atoms with Gasteiger partial charge in [0, 0.05) is 30.2 Å². The number of carbonyl (C=O) groups is 1. The molecule has 0 aliphatic carbocycles. The molecule has 0 spiro atoms. The SMILES string of the molecule is C[C@H]1CN(c2ccc(C(F)(F)F)cc2)C(=O)c2c(-c3ccc4c(N)nn(C)c4c3)cnn21. The monoisotopic (exact) mass is 440 g/mol. The first-order valence-corrected chi connectivity index (χ1v) is 9.94. The van der Waals surface area contributed by atoms with Crippen LogP contribution < -0.4 is 10.6 Å². The number of nitrogens with zero attached hydrogens (tertiary/aromatic N) is 5. The Balaban J connectivity index is 1.57. The van der Waals surface area contributed by atoms with E-state index < -0.39 is 11.7 Å². The summed E-state index contributed by atoms with van der Waals surface area (Å²) in [5, 5.41) is 9.45. The minimum absolute atomic E-state index is 0.158. The van der Waals surface area contributed by atoms with Crippen LogP contribution in [-0.4, -0.2) is 32.0 Å². The number of benzene rings is 2. The Labute approximate surface area is 180 Å². The molecule has 7 nitrogen and oxygen atoms in total. The Morgan fingerprint density at radius 1 is 1.12 bits per heavy atom. The second-order valence-electron chi connectivity index (χ2n) is 7.90. The van der Waals surface area contributed by atoms with Crippen LogP contribution >= 0.6 is 0 Å². The van der Waals surface area contributed by atoms with Gasteiger partial charge >= 0.3 is 6.18 Å². The van der Waals surface area contributed by atoms with Gasteiger partial charge < -0.3 is 10.6 Å². The molecule has 0 unspecified atom stereocenters. The first-order chi connectivity index (χ1) is 15.1. The van der Waals surface area contributed by atoms with Crippen molar-refractivity contribution in [1.82, 2.24) is 19.6 Å². The molecule has 2 aromatic carbocycles. The van der Waals surface area contributed by atoms with Gasteiger partial charge in [-0.1, -0.05) is 6.07 Å². The van der Waals surface area contributed by atoms with Crippen LogP contribution in [0.1, 0.15) is 29.0 Å². The summed E-state index contributed by atoms with van der Waals surface area (Å²) < 4.78 is 42.1. The number of nitrogen functional groups attached to an aromatic ring is 1. The highest BCUT2D eigenvalue weighted by Gasteiger charge is 2.35. The number of hydrogen-bond donors (Lipinski definition) is 1. The Hall–Kier alpha value is -3.82. The van der Waals surface area contributed by atoms with E-state index in [1.54, 1.807) is 22.6 Å². The van der Waals surface area contributed by atoms with Gasteiger partial charge in [0.15, 0.2) is 5.82 Å². The third-order valence-corrected chi connectivity index (χ3v) is 5.80. The van der Waals surface area contributed by atoms with E-state index in [-0.39, 0.29) is 11.9 Å². The number of amides is 1. The second-order valence-corrected chi connectivity index (χ2v) is 7.90. The molecule has 4 aromatic rings. The lowest BCUT2D eigenvalue weighted by Crippen LogP contribution is -2.42. The third kappa shape index (κ3) is 3.02. The molecule has 32 heavy (non-hydrogen) atoms. The number of nitrogens with two attached hydrogens (primary N) is 1. The van der Waals surface area contributed by atoms with Crippen molar-refractivity contribution in [2.45, 2.75) is 19.1 Å². The smallest absolute Gasteiger partial charge is 0.382 e. The van der Waals surface area contributed by atoms with Crippen LogP contribution in [0, 0.1) is 0 Å². The van der Waals surface area contributed by atoms with Crippen molar-refractivity contribution < 1.29 is 18.0 Å². The number of alkyl halides is 3. The average molecular weight is 440 g/mol. The van der Waals surface area contributed by atoms with Gasteiger partial charge in [-0.2, -0.15) is 23.4 Å². The van der Waals surface area contributed by atoms with Crippen molar-refractivity contribution >= 4 is 28.3 Å². The molecule has 0 saturated heterocycles. The van der Waals surface area contributed by atoms with Gasteiger partial charge in [0.1, 0.15) is 5.69 Å². The van der Waals surface area contributed by atoms with Crippen molar-refractivity contribution in [3.63, 3.8) is 0 Å². The molecule has 10 heteroatoms. The number of aromatic nitrogens is 4. The standard InChI is InChI=1S/C22H19F3N6O/c1-12-11-30(15-6-4-14(5-7-15)22(23,24)25)21(32)19-17(10-27-31(12)19)13-3-8-16-18(9-13)29(2)28-20(16)26/h3-10,12H,11H2,1-2H3,(H2,26,28)/t12-/m0/s1. The fourth-order valence-corrected chi connectivity index (χ4v) is 4.18. The lowest BCUT2D eigenvalue weighted by molar-refractivity contribution is -0.137. The van der Waals surface area contributed by atoms with Gasteiger partial charge in [0.05, 0.1) is 23.3 Å². The van der Waals surface area contributed by atoms with E-state index in [4.69, 9.17) is 5.73 Å². The number of rotatable bonds is 2. The number of hydrogen-bond acceptors (Lipinski definition) is 4. The molecule has 2 aromatic heterocycles. The van der Waals surface area contributed by atoms with E-state index in [0.29, 0.717) is 29.3 Å². The van der Waals surface area contributed by atoms with Crippen LogP contribution in [0.4, 0.5) is 24.7 Å². The van der Waals surface area contributed by atoms with Crippen molar-refractivity contribution in [2.75, 3.05) is 17.2 Å². The molecule has 2 N–H and O–H groups in total. The summed E-state index contributed by atoms with van der Waals surface area (Å²) in [5.74, 6) is 0.101. The van der Waals surface area contributed by atoms with Crippen LogP contribution in [-0.2, 0) is 13.2 Å². The number of aryl methyl sites for hydroxylation is 1. The summed E-state index contributed by atoms with van der Waals surface area (Å²) in [6.07, 6.45) is -2.79. The van der Waals surface area contributed by atoms with Gasteiger partial charge in [-0.05, 0) is 48.9 Å². The van der Waals surface area contributed by atoms with Gasteiger partial charge in [-0.15, -0.1) is 0 Å². The summed E-state index contributed by atoms with van der Waals surface area (Å²) in [6.45, 7) is 2.21. The number of carbonyl (C=O) groups excluding carboxylic acids is 1. The van der Waals surface area contributed by atoms with Crippen molar-refractivity contribution in [3.8, 4) is 11.1 Å². The highest BCUT2D eigenvalue weighted by molar-refractivity contribution is 6.10. The van der Waals surface area contributed by atoms with Gasteiger partial charge in [0.2, 0.25) is 0 Å². The zero-order chi connectivity index (χ0) is 22.8. The van der Waals surface area contributed by atoms with Crippen LogP contribution in [0.15, 0.2) is 48.7 Å². The molecule has 0 fully saturated rings. The van der Waals surface area contributed by atoms with Crippen molar-refractivity contribution in [3.05, 3.63) is 59.9 Å². The van der Waals surface area contributed by atoms with Crippen LogP contribution in [0.3, 0.4) is 0 Å². The van der Waals surface area contributed by atoms with Gasteiger partial charge in [-0.25, -0.2) is 0 Å². The Kier molecular flexibility index (Phi) is 4.30. The summed E-state index contributed by atoms with van der Waals surface area (Å²) >= 11 is 0. The predicted octanol–water partition coefficient (Wildman–Crippen LogP) is 4.26. The normalized spacial score (nSPS) is 16.6. The molecule has 1 amide bonds. The Bertz CT molecular complexity index is 1350. The molecule has 0 saturated carbocycles. The van der Waals surface area contributed by atoms with Gasteiger partial charge in [0.25, 0.3) is 5.91 Å². The third-order valence-electron chi connectivity index (χ3n) is 5.80. The summed E-state index contributed by atoms with van der Waals surface area (Å²) in [4.78, 5) is 14.9. The van der Waals surface area contributed by atoms with E-state index >= 15 is 0 Å². The zero-order valence-electron chi connectivity index (χ0n) is 17.3. The van der Waals surface area contributed by atoms with E-state index in [2.05, 4.69) is 10.2 Å². The molecule has 1 aliphatic heterocycles. The summed E-state index contributed by atoms with van der Waals surface area (Å²) in [6, 6.07) is 10.1. The molecular formula is C22H19F3N6O. The minimum Gasteiger partial charge on any atom is -0.382 e. The van der Waals surface area contributed by atoms with E-state index in [0.717, 1.165) is 28.6 Å². The van der Waals surface area contributed by atoms with Crippen molar-refractivity contribution in [1.29, 1.82) is 0 Å². The zero-order valence-corrected chi connectivity index (χ0v) is 17.3. The fourth-order valence-electron chi connectivity index (χ4n) is 4.18. The Morgan fingerprint density at radius 2 is 1.84 bits per heavy atom. The molecule has 164 valence electrons. The van der Waals surface area contributed by atoms with Crippen LogP contribution in [0.2, 0.25) is 0 Å². The largest absolute Gasteiger partial charge is 0.416 e. The highest BCUT2D eigenvalue weighted by atomic mass is 19.4. The maximum Gasteiger partial charge on any atom is 0.416 e. The number of anilines is 2. The summed E-state index contributed by atoms with van der Waals surface area (Å²) in [7, 11) is 1.79. The highest BCUT2D eigenvalue weighted by Crippen LogP contribution is 2.36. The molecular weight excluding hydrogens is 421 g/mol. The van der Waals surface area contributed by atoms with Gasteiger partial charge in [-0.3, -0.25) is 14.2 Å². The average Bonchev–Trinajstić information content (AvgIpc) is 3.32. The maximum atomic E-state index is 13.4. The topological polar surface area (TPSA) is 82.0 Å². The first kappa shape index (κ1) is 20.1. The maximum absolute atomic E-state index is 13.4. The molecule has 1 atom stereocenters. The van der Waals surface area contributed by atoms with Crippen LogP contribution in [0.25, 0.3) is 22.0 Å². The quantitative estimate of drug-likeness (QED) is 0.505. The first-order valence-electron chi connectivity index (χ1n) is 9.94. The van der Waals surface area contributed by atoms with Crippen LogP contribution in [0.5, 0.6) is 0 Å². The molecule has 3 heterocycles.